The topological polar surface area (TPSA) is 9.23 Å². The third-order valence-electron chi connectivity index (χ3n) is 5.42. The molecule has 0 saturated heterocycles. The van der Waals surface area contributed by atoms with Crippen molar-refractivity contribution in [2.75, 3.05) is 7.11 Å². The lowest BCUT2D eigenvalue weighted by molar-refractivity contribution is 0.414. The Morgan fingerprint density at radius 1 is 0.600 bits per heavy atom. The largest absolute Gasteiger partial charge is 0.497 e. The Kier molecular flexibility index (Phi) is 4.09. The van der Waals surface area contributed by atoms with Gasteiger partial charge in [0.1, 0.15) is 5.75 Å². The second-order valence-corrected chi connectivity index (χ2v) is 7.18. The van der Waals surface area contributed by atoms with Gasteiger partial charge >= 0.3 is 0 Å². The fraction of sp³-hybridized carbons (Fsp3) is 0.250. The number of benzene rings is 3. The van der Waals surface area contributed by atoms with E-state index in [2.05, 4.69) is 80.6 Å². The van der Waals surface area contributed by atoms with Crippen molar-refractivity contribution in [3.8, 4) is 5.75 Å². The van der Waals surface area contributed by atoms with Crippen molar-refractivity contribution in [1.82, 2.24) is 0 Å². The highest BCUT2D eigenvalue weighted by Crippen LogP contribution is 2.66. The molecule has 0 aliphatic heterocycles. The lowest BCUT2D eigenvalue weighted by Crippen LogP contribution is -1.88. The second kappa shape index (κ2) is 6.40. The van der Waals surface area contributed by atoms with Crippen molar-refractivity contribution < 1.29 is 4.74 Å². The van der Waals surface area contributed by atoms with Gasteiger partial charge in [-0.05, 0) is 60.4 Å². The van der Waals surface area contributed by atoms with E-state index in [4.69, 9.17) is 4.74 Å². The lowest BCUT2D eigenvalue weighted by atomic mass is 10.0. The maximum Gasteiger partial charge on any atom is 0.119 e. The summed E-state index contributed by atoms with van der Waals surface area (Å²) < 4.78 is 5.45. The normalized spacial score (nSPS) is 21.8. The predicted molar refractivity (Wildman–Crippen MR) is 104 cm³/mol. The molecule has 25 heavy (non-hydrogen) atoms. The number of hydrogen-bond donors (Lipinski definition) is 0. The summed E-state index contributed by atoms with van der Waals surface area (Å²) in [7, 11) is 1.74. The molecule has 0 spiro atoms. The van der Waals surface area contributed by atoms with E-state index in [1.165, 1.54) is 27.8 Å². The molecule has 2 atom stereocenters. The molecule has 1 aliphatic rings. The van der Waals surface area contributed by atoms with Gasteiger partial charge in [0.15, 0.2) is 0 Å². The molecule has 0 amide bonds. The van der Waals surface area contributed by atoms with Crippen molar-refractivity contribution in [2.24, 2.45) is 0 Å². The fourth-order valence-electron chi connectivity index (χ4n) is 3.98. The van der Waals surface area contributed by atoms with Crippen molar-refractivity contribution in [1.29, 1.82) is 0 Å². The maximum atomic E-state index is 5.45. The molecule has 1 aliphatic carbocycles. The van der Waals surface area contributed by atoms with E-state index in [0.717, 1.165) is 5.75 Å². The fourth-order valence-corrected chi connectivity index (χ4v) is 3.98. The minimum absolute atomic E-state index is 0.514. The van der Waals surface area contributed by atoms with Crippen LogP contribution in [-0.4, -0.2) is 7.11 Å². The van der Waals surface area contributed by atoms with E-state index in [1.54, 1.807) is 7.11 Å². The number of methoxy groups -OCH3 is 1. The zero-order chi connectivity index (χ0) is 17.4. The number of aryl methyl sites for hydroxylation is 2. The molecule has 1 fully saturated rings. The van der Waals surface area contributed by atoms with Crippen LogP contribution >= 0.6 is 0 Å². The van der Waals surface area contributed by atoms with E-state index in [1.807, 2.05) is 6.07 Å². The first-order valence-corrected chi connectivity index (χ1v) is 8.94. The maximum absolute atomic E-state index is 5.45. The van der Waals surface area contributed by atoms with Crippen molar-refractivity contribution in [3.63, 3.8) is 0 Å². The molecule has 1 nitrogen and oxygen atoms in total. The molecule has 1 saturated carbocycles. The molecule has 0 heterocycles. The van der Waals surface area contributed by atoms with Crippen LogP contribution in [0.4, 0.5) is 0 Å². The molecule has 3 aromatic carbocycles. The van der Waals surface area contributed by atoms with Gasteiger partial charge in [-0.2, -0.15) is 0 Å². The van der Waals surface area contributed by atoms with Gasteiger partial charge in [0.2, 0.25) is 0 Å². The predicted octanol–water partition coefficient (Wildman–Crippen LogP) is 5.98. The summed E-state index contributed by atoms with van der Waals surface area (Å²) in [6, 6.07) is 26.6. The van der Waals surface area contributed by atoms with Gasteiger partial charge in [-0.25, -0.2) is 0 Å². The first kappa shape index (κ1) is 16.0. The Labute approximate surface area is 150 Å². The van der Waals surface area contributed by atoms with E-state index in [0.29, 0.717) is 17.8 Å². The first-order valence-electron chi connectivity index (χ1n) is 8.94. The summed E-state index contributed by atoms with van der Waals surface area (Å²) in [6.45, 7) is 4.29. The van der Waals surface area contributed by atoms with Gasteiger partial charge < -0.3 is 4.74 Å². The van der Waals surface area contributed by atoms with E-state index in [9.17, 15) is 0 Å². The van der Waals surface area contributed by atoms with Crippen LogP contribution in [0.25, 0.3) is 0 Å². The molecular formula is C24H24O. The highest BCUT2D eigenvalue weighted by molar-refractivity contribution is 5.49. The lowest BCUT2D eigenvalue weighted by Gasteiger charge is -2.05. The molecular weight excluding hydrogens is 304 g/mol. The van der Waals surface area contributed by atoms with E-state index in [-0.39, 0.29) is 0 Å². The number of hydrogen-bond acceptors (Lipinski definition) is 1. The van der Waals surface area contributed by atoms with Crippen LogP contribution in [0.15, 0.2) is 72.8 Å². The summed E-state index contributed by atoms with van der Waals surface area (Å²) in [6.07, 6.45) is 0. The van der Waals surface area contributed by atoms with E-state index < -0.39 is 0 Å². The summed E-state index contributed by atoms with van der Waals surface area (Å²) in [5.41, 5.74) is 6.87. The average molecular weight is 328 g/mol. The van der Waals surface area contributed by atoms with E-state index >= 15 is 0 Å². The quantitative estimate of drug-likeness (QED) is 0.572. The summed E-state index contributed by atoms with van der Waals surface area (Å²) in [5.74, 6) is 2.53. The third-order valence-corrected chi connectivity index (χ3v) is 5.42. The van der Waals surface area contributed by atoms with Gasteiger partial charge in [-0.1, -0.05) is 71.8 Å². The molecule has 0 unspecified atom stereocenters. The van der Waals surface area contributed by atoms with Crippen molar-refractivity contribution in [3.05, 3.63) is 101 Å². The van der Waals surface area contributed by atoms with Crippen LogP contribution in [0.2, 0.25) is 0 Å². The van der Waals surface area contributed by atoms with Gasteiger partial charge in [0.25, 0.3) is 0 Å². The molecule has 0 radical (unpaired) electrons. The van der Waals surface area contributed by atoms with Crippen molar-refractivity contribution in [2.45, 2.75) is 31.6 Å². The Morgan fingerprint density at radius 3 is 1.56 bits per heavy atom. The first-order chi connectivity index (χ1) is 12.2. The minimum Gasteiger partial charge on any atom is -0.497 e. The number of rotatable bonds is 4. The second-order valence-electron chi connectivity index (χ2n) is 7.18. The zero-order valence-electron chi connectivity index (χ0n) is 15.1. The Bertz CT molecular complexity index is 810. The monoisotopic (exact) mass is 328 g/mol. The van der Waals surface area contributed by atoms with Crippen LogP contribution in [0, 0.1) is 13.8 Å². The minimum atomic E-state index is 0.514. The Hall–Kier alpha value is -2.54. The molecule has 0 N–H and O–H groups in total. The summed E-state index contributed by atoms with van der Waals surface area (Å²) in [5, 5.41) is 0. The van der Waals surface area contributed by atoms with Crippen LogP contribution in [0.1, 0.15) is 45.6 Å². The summed E-state index contributed by atoms with van der Waals surface area (Å²) in [4.78, 5) is 0. The average Bonchev–Trinajstić information content (AvgIpc) is 3.38. The number of ether oxygens (including phenoxy) is 1. The van der Waals surface area contributed by atoms with Crippen LogP contribution in [0.5, 0.6) is 5.75 Å². The van der Waals surface area contributed by atoms with Gasteiger partial charge in [0, 0.05) is 0 Å². The SMILES string of the molecule is COc1cccc(C2[C@@H](c3ccc(C)cc3)[C@@H]2c2ccc(C)cc2)c1. The molecule has 0 aromatic heterocycles. The smallest absolute Gasteiger partial charge is 0.119 e. The molecule has 4 rings (SSSR count). The molecule has 126 valence electrons. The highest BCUT2D eigenvalue weighted by Gasteiger charge is 2.52. The van der Waals surface area contributed by atoms with Crippen LogP contribution in [-0.2, 0) is 0 Å². The van der Waals surface area contributed by atoms with Gasteiger partial charge in [0.05, 0.1) is 7.11 Å². The third kappa shape index (κ3) is 3.07. The molecule has 3 aromatic rings. The van der Waals surface area contributed by atoms with Crippen LogP contribution < -0.4 is 4.74 Å². The molecule has 0 bridgehead atoms. The Morgan fingerprint density at radius 2 is 1.08 bits per heavy atom. The Balaban J connectivity index is 1.73. The van der Waals surface area contributed by atoms with Gasteiger partial charge in [-0.15, -0.1) is 0 Å². The van der Waals surface area contributed by atoms with Crippen molar-refractivity contribution >= 4 is 0 Å². The summed E-state index contributed by atoms with van der Waals surface area (Å²) >= 11 is 0. The highest BCUT2D eigenvalue weighted by atomic mass is 16.5. The van der Waals surface area contributed by atoms with Crippen LogP contribution in [0.3, 0.4) is 0 Å². The molecule has 1 heteroatoms. The standard InChI is InChI=1S/C24H24O/c1-16-7-11-18(12-8-16)22-23(19-13-9-17(2)10-14-19)24(22)20-5-4-6-21(15-20)25-3/h4-15,22-24H,1-3H3/t22-,23-/m0/s1. The van der Waals surface area contributed by atoms with Gasteiger partial charge in [-0.3, -0.25) is 0 Å². The zero-order valence-corrected chi connectivity index (χ0v) is 15.1.